The highest BCUT2D eigenvalue weighted by molar-refractivity contribution is 6.30. The van der Waals surface area contributed by atoms with Gasteiger partial charge in [0.15, 0.2) is 5.65 Å². The molecule has 1 fully saturated rings. The van der Waals surface area contributed by atoms with Gasteiger partial charge in [-0.05, 0) is 64.4 Å². The third-order valence-electron chi connectivity index (χ3n) is 5.70. The van der Waals surface area contributed by atoms with Gasteiger partial charge < -0.3 is 15.0 Å². The van der Waals surface area contributed by atoms with Gasteiger partial charge in [-0.1, -0.05) is 23.7 Å². The van der Waals surface area contributed by atoms with Crippen molar-refractivity contribution >= 4 is 28.5 Å². The molecule has 0 saturated carbocycles. The summed E-state index contributed by atoms with van der Waals surface area (Å²) in [7, 11) is 0. The Kier molecular flexibility index (Phi) is 7.80. The predicted octanol–water partition coefficient (Wildman–Crippen LogP) is 3.50. The van der Waals surface area contributed by atoms with Crippen LogP contribution in [0.15, 0.2) is 41.3 Å². The Bertz CT molecular complexity index is 1220. The van der Waals surface area contributed by atoms with Crippen molar-refractivity contribution < 1.29 is 9.53 Å². The number of rotatable bonds is 9. The van der Waals surface area contributed by atoms with Crippen LogP contribution in [-0.4, -0.2) is 57.6 Å². The monoisotopic (exact) mass is 483 g/mol. The molecule has 0 radical (unpaired) electrons. The molecule has 1 aliphatic heterocycles. The number of hydrogen-bond donors (Lipinski definition) is 1. The van der Waals surface area contributed by atoms with E-state index in [1.165, 1.54) is 17.4 Å². The minimum Gasteiger partial charge on any atom is -0.492 e. The second-order valence-corrected chi connectivity index (χ2v) is 9.29. The molecule has 3 aromatic rings. The number of carbonyl (C=O) groups is 1. The lowest BCUT2D eigenvalue weighted by Crippen LogP contribution is -2.37. The number of hydrogen-bond acceptors (Lipinski definition) is 6. The molecule has 0 spiro atoms. The molecule has 1 aromatic carbocycles. The Balaban J connectivity index is 1.63. The molecule has 1 N–H and O–H groups in total. The van der Waals surface area contributed by atoms with Gasteiger partial charge in [0.05, 0.1) is 18.2 Å². The minimum atomic E-state index is -0.353. The molecule has 180 valence electrons. The number of benzene rings is 1. The van der Waals surface area contributed by atoms with Gasteiger partial charge in [-0.3, -0.25) is 14.2 Å². The van der Waals surface area contributed by atoms with Crippen LogP contribution in [0, 0.1) is 0 Å². The maximum absolute atomic E-state index is 13.5. The molecule has 1 aliphatic rings. The fourth-order valence-electron chi connectivity index (χ4n) is 4.16. The smallest absolute Gasteiger partial charge is 0.263 e. The Morgan fingerprint density at radius 3 is 2.76 bits per heavy atom. The number of nitrogens with zero attached hydrogens (tertiary/aromatic N) is 4. The number of aromatic nitrogens is 3. The van der Waals surface area contributed by atoms with Crippen LogP contribution in [0.2, 0.25) is 5.02 Å². The van der Waals surface area contributed by atoms with Crippen LogP contribution in [0.5, 0.6) is 5.75 Å². The number of halogens is 1. The number of amides is 1. The highest BCUT2D eigenvalue weighted by atomic mass is 35.5. The SMILES string of the molecule is CC(C)NC(=O)Cn1c(-c2cccc(Cl)c2)nc2ncc(OCCCN3CCCC3)cc2c1=O. The second kappa shape index (κ2) is 11.0. The van der Waals surface area contributed by atoms with Gasteiger partial charge in [0.25, 0.3) is 5.56 Å². The zero-order valence-electron chi connectivity index (χ0n) is 19.6. The van der Waals surface area contributed by atoms with E-state index < -0.39 is 0 Å². The van der Waals surface area contributed by atoms with Gasteiger partial charge in [-0.15, -0.1) is 0 Å². The van der Waals surface area contributed by atoms with E-state index in [2.05, 4.69) is 20.2 Å². The lowest BCUT2D eigenvalue weighted by Gasteiger charge is -2.16. The third kappa shape index (κ3) is 5.93. The van der Waals surface area contributed by atoms with Crippen molar-refractivity contribution in [2.45, 2.75) is 45.7 Å². The minimum absolute atomic E-state index is 0.0477. The lowest BCUT2D eigenvalue weighted by molar-refractivity contribution is -0.122. The fourth-order valence-corrected chi connectivity index (χ4v) is 4.35. The fraction of sp³-hybridized carbons (Fsp3) is 0.440. The van der Waals surface area contributed by atoms with Gasteiger partial charge in [0.1, 0.15) is 18.1 Å². The largest absolute Gasteiger partial charge is 0.492 e. The Labute approximate surface area is 203 Å². The molecule has 0 unspecified atom stereocenters. The van der Waals surface area contributed by atoms with E-state index in [1.54, 1.807) is 36.5 Å². The average Bonchev–Trinajstić information content (AvgIpc) is 3.32. The quantitative estimate of drug-likeness (QED) is 0.468. The normalized spacial score (nSPS) is 14.1. The van der Waals surface area contributed by atoms with Crippen molar-refractivity contribution in [2.75, 3.05) is 26.2 Å². The highest BCUT2D eigenvalue weighted by Gasteiger charge is 2.18. The van der Waals surface area contributed by atoms with E-state index in [0.717, 1.165) is 26.1 Å². The molecule has 9 heteroatoms. The number of carbonyl (C=O) groups excluding carboxylic acids is 1. The van der Waals surface area contributed by atoms with Gasteiger partial charge in [0, 0.05) is 23.2 Å². The van der Waals surface area contributed by atoms with Gasteiger partial charge in [-0.2, -0.15) is 0 Å². The molecule has 0 atom stereocenters. The van der Waals surface area contributed by atoms with Crippen LogP contribution in [-0.2, 0) is 11.3 Å². The van der Waals surface area contributed by atoms with E-state index in [1.807, 2.05) is 13.8 Å². The highest BCUT2D eigenvalue weighted by Crippen LogP contribution is 2.23. The van der Waals surface area contributed by atoms with E-state index in [4.69, 9.17) is 16.3 Å². The van der Waals surface area contributed by atoms with Crippen molar-refractivity contribution in [3.8, 4) is 17.1 Å². The van der Waals surface area contributed by atoms with E-state index in [-0.39, 0.29) is 24.1 Å². The van der Waals surface area contributed by atoms with Crippen molar-refractivity contribution in [1.29, 1.82) is 0 Å². The van der Waals surface area contributed by atoms with Gasteiger partial charge in [-0.25, -0.2) is 9.97 Å². The zero-order chi connectivity index (χ0) is 24.1. The summed E-state index contributed by atoms with van der Waals surface area (Å²) in [4.78, 5) is 37.5. The zero-order valence-corrected chi connectivity index (χ0v) is 20.3. The van der Waals surface area contributed by atoms with E-state index >= 15 is 0 Å². The standard InChI is InChI=1S/C25H30ClN5O3/c1-17(2)28-22(32)16-31-24(18-7-5-8-19(26)13-18)29-23-21(25(31)33)14-20(15-27-23)34-12-6-11-30-9-3-4-10-30/h5,7-8,13-15,17H,3-4,6,9-12,16H2,1-2H3,(H,28,32). The third-order valence-corrected chi connectivity index (χ3v) is 5.94. The molecule has 1 amide bonds. The molecule has 3 heterocycles. The van der Waals surface area contributed by atoms with Gasteiger partial charge >= 0.3 is 0 Å². The number of fused-ring (bicyclic) bond motifs is 1. The maximum Gasteiger partial charge on any atom is 0.263 e. The van der Waals surface area contributed by atoms with Crippen molar-refractivity contribution in [1.82, 2.24) is 24.8 Å². The summed E-state index contributed by atoms with van der Waals surface area (Å²) >= 11 is 6.17. The predicted molar refractivity (Wildman–Crippen MR) is 133 cm³/mol. The molecule has 1 saturated heterocycles. The Hall–Kier alpha value is -2.97. The average molecular weight is 484 g/mol. The second-order valence-electron chi connectivity index (χ2n) is 8.85. The molecule has 0 bridgehead atoms. The Morgan fingerprint density at radius 1 is 1.24 bits per heavy atom. The Morgan fingerprint density at radius 2 is 2.03 bits per heavy atom. The molecular formula is C25H30ClN5O3. The first-order valence-electron chi connectivity index (χ1n) is 11.7. The molecule has 2 aromatic heterocycles. The summed E-state index contributed by atoms with van der Waals surface area (Å²) in [6, 6.07) is 8.64. The number of likely N-dealkylation sites (tertiary alicyclic amines) is 1. The van der Waals surface area contributed by atoms with Crippen LogP contribution in [0.25, 0.3) is 22.4 Å². The molecule has 4 rings (SSSR count). The number of pyridine rings is 1. The molecule has 8 nitrogen and oxygen atoms in total. The van der Waals surface area contributed by atoms with E-state index in [0.29, 0.717) is 39.8 Å². The van der Waals surface area contributed by atoms with Crippen LogP contribution >= 0.6 is 11.6 Å². The van der Waals surface area contributed by atoms with Crippen LogP contribution in [0.4, 0.5) is 0 Å². The van der Waals surface area contributed by atoms with Crippen molar-refractivity contribution in [3.63, 3.8) is 0 Å². The number of ether oxygens (including phenoxy) is 1. The van der Waals surface area contributed by atoms with Crippen molar-refractivity contribution in [3.05, 3.63) is 51.9 Å². The summed E-state index contributed by atoms with van der Waals surface area (Å²) in [5, 5.41) is 3.64. The summed E-state index contributed by atoms with van der Waals surface area (Å²) in [6.07, 6.45) is 5.02. The molecule has 0 aliphatic carbocycles. The maximum atomic E-state index is 13.5. The first-order valence-corrected chi connectivity index (χ1v) is 12.1. The topological polar surface area (TPSA) is 89.3 Å². The molecule has 34 heavy (non-hydrogen) atoms. The molecular weight excluding hydrogens is 454 g/mol. The van der Waals surface area contributed by atoms with Crippen molar-refractivity contribution in [2.24, 2.45) is 0 Å². The number of nitrogens with one attached hydrogen (secondary N) is 1. The summed E-state index contributed by atoms with van der Waals surface area (Å²) < 4.78 is 7.24. The summed E-state index contributed by atoms with van der Waals surface area (Å²) in [6.45, 7) is 7.43. The summed E-state index contributed by atoms with van der Waals surface area (Å²) in [5.74, 6) is 0.580. The van der Waals surface area contributed by atoms with Crippen LogP contribution < -0.4 is 15.6 Å². The van der Waals surface area contributed by atoms with Gasteiger partial charge in [0.2, 0.25) is 5.91 Å². The van der Waals surface area contributed by atoms with E-state index in [9.17, 15) is 9.59 Å². The van der Waals surface area contributed by atoms with Crippen LogP contribution in [0.3, 0.4) is 0 Å². The first-order chi connectivity index (χ1) is 16.4. The first kappa shape index (κ1) is 24.2. The van der Waals surface area contributed by atoms with Crippen LogP contribution in [0.1, 0.15) is 33.1 Å². The lowest BCUT2D eigenvalue weighted by atomic mass is 10.2. The summed E-state index contributed by atoms with van der Waals surface area (Å²) in [5.41, 5.74) is 0.576.